The summed E-state index contributed by atoms with van der Waals surface area (Å²) in [5, 5.41) is 0. The van der Waals surface area contributed by atoms with Crippen molar-refractivity contribution in [2.24, 2.45) is 0 Å². The fourth-order valence-electron chi connectivity index (χ4n) is 0. The van der Waals surface area contributed by atoms with Gasteiger partial charge in [-0.1, -0.05) is 4.57 Å². The first-order chi connectivity index (χ1) is 1.41. The van der Waals surface area contributed by atoms with Gasteiger partial charge in [0.1, 0.15) is 0 Å². The van der Waals surface area contributed by atoms with Gasteiger partial charge < -0.3 is 6.15 Å². The SMILES string of the molecule is N.O=[PH+]Cl. The normalized spacial score (nSPS) is 5.25. The first-order valence-corrected chi connectivity index (χ1v) is 2.31. The highest BCUT2D eigenvalue weighted by Crippen LogP contribution is 1.92. The maximum absolute atomic E-state index is 8.72. The predicted molar refractivity (Wildman–Crippen MR) is 19.9 cm³/mol. The summed E-state index contributed by atoms with van der Waals surface area (Å²) in [5.74, 6) is 0. The third-order valence-corrected chi connectivity index (χ3v) is 0. The van der Waals surface area contributed by atoms with Crippen molar-refractivity contribution in [3.05, 3.63) is 0 Å². The molecule has 0 fully saturated rings. The number of hydrogen-bond donors (Lipinski definition) is 1. The van der Waals surface area contributed by atoms with Crippen LogP contribution in [-0.4, -0.2) is 0 Å². The minimum atomic E-state index is -0.694. The van der Waals surface area contributed by atoms with Crippen molar-refractivity contribution in [1.82, 2.24) is 6.15 Å². The van der Waals surface area contributed by atoms with Crippen LogP contribution in [0.4, 0.5) is 0 Å². The Bertz CT molecular complexity index is 15.5. The zero-order chi connectivity index (χ0) is 2.71. The van der Waals surface area contributed by atoms with E-state index in [1.807, 2.05) is 0 Å². The Labute approximate surface area is 30.7 Å². The van der Waals surface area contributed by atoms with E-state index < -0.39 is 7.81 Å². The lowest BCUT2D eigenvalue weighted by Crippen LogP contribution is -0.706. The Morgan fingerprint density at radius 2 is 1.75 bits per heavy atom. The fourth-order valence-corrected chi connectivity index (χ4v) is 0. The summed E-state index contributed by atoms with van der Waals surface area (Å²) < 4.78 is 8.72. The van der Waals surface area contributed by atoms with Crippen LogP contribution in [0.2, 0.25) is 0 Å². The van der Waals surface area contributed by atoms with Gasteiger partial charge in [0.25, 0.3) is 0 Å². The second kappa shape index (κ2) is 10.2. The highest BCUT2D eigenvalue weighted by atomic mass is 35.7. The summed E-state index contributed by atoms with van der Waals surface area (Å²) in [6.07, 6.45) is 0. The molecule has 0 saturated heterocycles. The van der Waals surface area contributed by atoms with E-state index in [1.54, 1.807) is 0 Å². The van der Waals surface area contributed by atoms with Gasteiger partial charge in [0.05, 0.1) is 0 Å². The van der Waals surface area contributed by atoms with Crippen LogP contribution in [0.3, 0.4) is 0 Å². The van der Waals surface area contributed by atoms with E-state index in [2.05, 4.69) is 11.2 Å². The largest absolute Gasteiger partial charge is 0.441 e. The quantitative estimate of drug-likeness (QED) is 0.467. The third kappa shape index (κ3) is 35.0. The van der Waals surface area contributed by atoms with Crippen molar-refractivity contribution in [2.75, 3.05) is 0 Å². The summed E-state index contributed by atoms with van der Waals surface area (Å²) >= 11 is 4.47. The standard InChI is InChI=1S/ClOP.H3N/c1-3-2;/h;1H3/p+1. The highest BCUT2D eigenvalue weighted by Gasteiger charge is 1.52. The van der Waals surface area contributed by atoms with Crippen molar-refractivity contribution in [3.8, 4) is 0 Å². The molecule has 0 rings (SSSR count). The average molecular weight is 100 g/mol. The summed E-state index contributed by atoms with van der Waals surface area (Å²) in [5.41, 5.74) is 0. The van der Waals surface area contributed by atoms with E-state index in [9.17, 15) is 0 Å². The molecule has 3 N–H and O–H groups in total. The Kier molecular flexibility index (Phi) is 22.4. The molecule has 0 bridgehead atoms. The van der Waals surface area contributed by atoms with Crippen molar-refractivity contribution in [1.29, 1.82) is 0 Å². The maximum atomic E-state index is 8.72. The monoisotopic (exact) mass is 100.0 g/mol. The molecule has 0 spiro atoms. The van der Waals surface area contributed by atoms with Gasteiger partial charge in [-0.3, -0.25) is 0 Å². The van der Waals surface area contributed by atoms with Gasteiger partial charge in [-0.05, 0) is 0 Å². The number of rotatable bonds is 0. The number of halogens is 1. The van der Waals surface area contributed by atoms with Crippen LogP contribution >= 0.6 is 19.1 Å². The molecule has 0 aliphatic carbocycles. The first-order valence-electron chi connectivity index (χ1n) is 0.393. The molecular weight excluding hydrogens is 96.4 g/mol. The van der Waals surface area contributed by atoms with E-state index in [-0.39, 0.29) is 6.15 Å². The lowest BCUT2D eigenvalue weighted by Gasteiger charge is -0.964. The molecule has 4 heteroatoms. The molecule has 0 aromatic rings. The summed E-state index contributed by atoms with van der Waals surface area (Å²) in [6.45, 7) is 0. The van der Waals surface area contributed by atoms with Gasteiger partial charge in [-0.25, -0.2) is 0 Å². The minimum absolute atomic E-state index is 0. The highest BCUT2D eigenvalue weighted by molar-refractivity contribution is 7.57. The smallest absolute Gasteiger partial charge is 0.344 e. The fraction of sp³-hybridized carbons (Fsp3) is 0. The van der Waals surface area contributed by atoms with Crippen molar-refractivity contribution in [3.63, 3.8) is 0 Å². The molecule has 0 aliphatic heterocycles. The molecule has 26 valence electrons. The molecule has 0 heterocycles. The lowest BCUT2D eigenvalue weighted by atomic mass is 14.0. The average Bonchev–Trinajstić information content (AvgIpc) is 0.918. The zero-order valence-corrected chi connectivity index (χ0v) is 3.75. The van der Waals surface area contributed by atoms with Crippen molar-refractivity contribution < 1.29 is 4.57 Å². The van der Waals surface area contributed by atoms with Gasteiger partial charge in [0.2, 0.25) is 11.2 Å². The topological polar surface area (TPSA) is 52.1 Å². The van der Waals surface area contributed by atoms with Crippen LogP contribution in [0.5, 0.6) is 0 Å². The molecule has 1 unspecified atom stereocenters. The molecule has 4 heavy (non-hydrogen) atoms. The molecular formula is H4ClNOP+. The number of hydrogen-bond acceptors (Lipinski definition) is 2. The Hall–Kier alpha value is 0.350. The predicted octanol–water partition coefficient (Wildman–Crippen LogP) is 1.33. The van der Waals surface area contributed by atoms with Gasteiger partial charge in [0.15, 0.2) is 0 Å². The molecule has 0 amide bonds. The van der Waals surface area contributed by atoms with Crippen LogP contribution in [0, 0.1) is 0 Å². The molecule has 0 aromatic carbocycles. The van der Waals surface area contributed by atoms with Crippen molar-refractivity contribution >= 4 is 19.1 Å². The molecule has 0 aromatic heterocycles. The van der Waals surface area contributed by atoms with E-state index in [4.69, 9.17) is 4.57 Å². The second-order valence-corrected chi connectivity index (χ2v) is 0.694. The lowest BCUT2D eigenvalue weighted by molar-refractivity contribution is 0.605. The van der Waals surface area contributed by atoms with Crippen LogP contribution in [0.25, 0.3) is 0 Å². The van der Waals surface area contributed by atoms with Gasteiger partial charge >= 0.3 is 7.81 Å². The van der Waals surface area contributed by atoms with E-state index in [0.29, 0.717) is 0 Å². The summed E-state index contributed by atoms with van der Waals surface area (Å²) in [6, 6.07) is 0. The van der Waals surface area contributed by atoms with E-state index in [1.165, 1.54) is 0 Å². The van der Waals surface area contributed by atoms with Crippen LogP contribution in [0.1, 0.15) is 0 Å². The zero-order valence-electron chi connectivity index (χ0n) is 1.99. The van der Waals surface area contributed by atoms with Crippen molar-refractivity contribution in [2.45, 2.75) is 0 Å². The van der Waals surface area contributed by atoms with Gasteiger partial charge in [-0.15, -0.1) is 0 Å². The van der Waals surface area contributed by atoms with E-state index in [0.717, 1.165) is 0 Å². The second-order valence-electron chi connectivity index (χ2n) is 0.0772. The summed E-state index contributed by atoms with van der Waals surface area (Å²) in [7, 11) is -0.694. The van der Waals surface area contributed by atoms with Crippen LogP contribution in [0.15, 0.2) is 0 Å². The Balaban J connectivity index is 0. The minimum Gasteiger partial charge on any atom is -0.344 e. The Morgan fingerprint density at radius 1 is 1.75 bits per heavy atom. The third-order valence-electron chi connectivity index (χ3n) is 0. The molecule has 0 radical (unpaired) electrons. The molecule has 2 nitrogen and oxygen atoms in total. The van der Waals surface area contributed by atoms with Crippen LogP contribution in [-0.2, 0) is 4.57 Å². The van der Waals surface area contributed by atoms with Gasteiger partial charge in [0, 0.05) is 0 Å². The maximum Gasteiger partial charge on any atom is 0.441 e. The molecule has 0 saturated carbocycles. The van der Waals surface area contributed by atoms with Crippen LogP contribution < -0.4 is 6.15 Å². The van der Waals surface area contributed by atoms with E-state index >= 15 is 0 Å². The summed E-state index contributed by atoms with van der Waals surface area (Å²) in [4.78, 5) is 0. The first kappa shape index (κ1) is 8.84. The molecule has 0 aliphatic rings. The van der Waals surface area contributed by atoms with Gasteiger partial charge in [-0.2, -0.15) is 0 Å². The Morgan fingerprint density at radius 3 is 1.75 bits per heavy atom. The molecule has 1 atom stereocenters.